The van der Waals surface area contributed by atoms with Gasteiger partial charge in [-0.25, -0.2) is 8.42 Å². The first-order chi connectivity index (χ1) is 21.7. The summed E-state index contributed by atoms with van der Waals surface area (Å²) in [5.41, 5.74) is 2.89. The first kappa shape index (κ1) is 32.3. The van der Waals surface area contributed by atoms with Gasteiger partial charge < -0.3 is 10.2 Å². The highest BCUT2D eigenvalue weighted by Gasteiger charge is 2.35. The molecule has 0 bridgehead atoms. The second-order valence-electron chi connectivity index (χ2n) is 11.5. The van der Waals surface area contributed by atoms with E-state index < -0.39 is 28.5 Å². The van der Waals surface area contributed by atoms with Gasteiger partial charge in [0.05, 0.1) is 10.6 Å². The molecule has 1 fully saturated rings. The molecular formula is C36H38ClN3O4S. The molecule has 1 aliphatic rings. The first-order valence-electron chi connectivity index (χ1n) is 15.2. The standard InChI is InChI=1S/C36H38ClN3O4S/c1-27-19-21-33(22-20-27)45(43,44)40(32-18-10-15-30(37)24-32)26-35(41)39(25-29-13-6-3-7-14-29)34(23-28-11-4-2-5-12-28)36(42)38-31-16-8-9-17-31/h2-7,10-15,18-22,24,31,34H,8-9,16-17,23,25-26H2,1H3,(H,38,42)/t34-/m1/s1. The van der Waals surface area contributed by atoms with Gasteiger partial charge in [-0.05, 0) is 61.2 Å². The highest BCUT2D eigenvalue weighted by molar-refractivity contribution is 7.92. The monoisotopic (exact) mass is 643 g/mol. The maximum absolute atomic E-state index is 14.5. The molecule has 0 radical (unpaired) electrons. The van der Waals surface area contributed by atoms with Crippen molar-refractivity contribution in [2.45, 2.75) is 62.6 Å². The van der Waals surface area contributed by atoms with Gasteiger partial charge in [-0.1, -0.05) is 109 Å². The molecule has 0 aliphatic heterocycles. The minimum absolute atomic E-state index is 0.0503. The lowest BCUT2D eigenvalue weighted by Gasteiger charge is -2.34. The van der Waals surface area contributed by atoms with Crippen LogP contribution in [0.2, 0.25) is 5.02 Å². The lowest BCUT2D eigenvalue weighted by Crippen LogP contribution is -2.54. The maximum Gasteiger partial charge on any atom is 0.264 e. The number of aryl methyl sites for hydroxylation is 1. The van der Waals surface area contributed by atoms with Crippen LogP contribution in [0.25, 0.3) is 0 Å². The molecule has 0 aromatic heterocycles. The van der Waals surface area contributed by atoms with Crippen molar-refractivity contribution in [2.24, 2.45) is 0 Å². The zero-order valence-corrected chi connectivity index (χ0v) is 26.9. The number of benzene rings is 4. The number of halogens is 1. The first-order valence-corrected chi connectivity index (χ1v) is 17.1. The number of carbonyl (C=O) groups is 2. The van der Waals surface area contributed by atoms with E-state index in [0.29, 0.717) is 5.02 Å². The van der Waals surface area contributed by atoms with Crippen LogP contribution in [0.5, 0.6) is 0 Å². The summed E-state index contributed by atoms with van der Waals surface area (Å²) in [6.07, 6.45) is 4.17. The number of carbonyl (C=O) groups excluding carboxylic acids is 2. The van der Waals surface area contributed by atoms with E-state index in [-0.39, 0.29) is 35.5 Å². The number of amides is 2. The highest BCUT2D eigenvalue weighted by atomic mass is 35.5. The van der Waals surface area contributed by atoms with Gasteiger partial charge in [0.2, 0.25) is 11.8 Å². The quantitative estimate of drug-likeness (QED) is 0.190. The summed E-state index contributed by atoms with van der Waals surface area (Å²) in [5, 5.41) is 3.53. The summed E-state index contributed by atoms with van der Waals surface area (Å²) in [7, 11) is -4.19. The zero-order valence-electron chi connectivity index (χ0n) is 25.3. The molecule has 9 heteroatoms. The molecular weight excluding hydrogens is 606 g/mol. The topological polar surface area (TPSA) is 86.8 Å². The number of sulfonamides is 1. The van der Waals surface area contributed by atoms with Gasteiger partial charge in [0.15, 0.2) is 0 Å². The van der Waals surface area contributed by atoms with E-state index in [2.05, 4.69) is 5.32 Å². The fourth-order valence-electron chi connectivity index (χ4n) is 5.70. The van der Waals surface area contributed by atoms with Crippen LogP contribution in [-0.2, 0) is 32.6 Å². The molecule has 1 aliphatic carbocycles. The van der Waals surface area contributed by atoms with Crippen LogP contribution in [0, 0.1) is 6.92 Å². The van der Waals surface area contributed by atoms with Crippen molar-refractivity contribution in [3.8, 4) is 0 Å². The molecule has 0 heterocycles. The fraction of sp³-hybridized carbons (Fsp3) is 0.278. The summed E-state index contributed by atoms with van der Waals surface area (Å²) in [4.78, 5) is 30.1. The van der Waals surface area contributed by atoms with E-state index in [1.54, 1.807) is 30.3 Å². The van der Waals surface area contributed by atoms with E-state index in [9.17, 15) is 18.0 Å². The number of nitrogens with one attached hydrogen (secondary N) is 1. The predicted octanol–water partition coefficient (Wildman–Crippen LogP) is 6.54. The lowest BCUT2D eigenvalue weighted by molar-refractivity contribution is -0.140. The second-order valence-corrected chi connectivity index (χ2v) is 13.8. The van der Waals surface area contributed by atoms with Crippen molar-refractivity contribution >= 4 is 39.1 Å². The molecule has 1 atom stereocenters. The van der Waals surface area contributed by atoms with Gasteiger partial charge in [0.1, 0.15) is 12.6 Å². The van der Waals surface area contributed by atoms with Crippen LogP contribution in [0.15, 0.2) is 114 Å². The van der Waals surface area contributed by atoms with Gasteiger partial charge in [-0.2, -0.15) is 0 Å². The third kappa shape index (κ3) is 8.32. The van der Waals surface area contributed by atoms with Gasteiger partial charge in [-0.15, -0.1) is 0 Å². The molecule has 1 saturated carbocycles. The number of rotatable bonds is 12. The Hall–Kier alpha value is -4.14. The number of hydrogen-bond acceptors (Lipinski definition) is 4. The smallest absolute Gasteiger partial charge is 0.264 e. The van der Waals surface area contributed by atoms with E-state index in [1.165, 1.54) is 23.1 Å². The third-order valence-corrected chi connectivity index (χ3v) is 10.2. The fourth-order valence-corrected chi connectivity index (χ4v) is 7.29. The second kappa shape index (κ2) is 14.8. The molecule has 234 valence electrons. The van der Waals surface area contributed by atoms with Gasteiger partial charge in [0.25, 0.3) is 10.0 Å². The maximum atomic E-state index is 14.5. The molecule has 4 aromatic rings. The van der Waals surface area contributed by atoms with Gasteiger partial charge >= 0.3 is 0 Å². The van der Waals surface area contributed by atoms with E-state index in [4.69, 9.17) is 11.6 Å². The lowest BCUT2D eigenvalue weighted by atomic mass is 10.0. The number of hydrogen-bond donors (Lipinski definition) is 1. The van der Waals surface area contributed by atoms with Crippen molar-refractivity contribution in [1.82, 2.24) is 10.2 Å². The Morgan fingerprint density at radius 1 is 0.844 bits per heavy atom. The Morgan fingerprint density at radius 2 is 1.47 bits per heavy atom. The largest absolute Gasteiger partial charge is 0.352 e. The summed E-state index contributed by atoms with van der Waals surface area (Å²) in [5.74, 6) is -0.747. The molecule has 0 saturated heterocycles. The predicted molar refractivity (Wildman–Crippen MR) is 178 cm³/mol. The van der Waals surface area contributed by atoms with Crippen LogP contribution in [0.1, 0.15) is 42.4 Å². The van der Waals surface area contributed by atoms with E-state index >= 15 is 0 Å². The third-order valence-electron chi connectivity index (χ3n) is 8.15. The van der Waals surface area contributed by atoms with Crippen molar-refractivity contribution in [2.75, 3.05) is 10.8 Å². The Kier molecular flexibility index (Phi) is 10.6. The van der Waals surface area contributed by atoms with Crippen LogP contribution in [-0.4, -0.2) is 43.8 Å². The van der Waals surface area contributed by atoms with Crippen molar-refractivity contribution < 1.29 is 18.0 Å². The Bertz CT molecular complexity index is 1690. The molecule has 0 spiro atoms. The average molecular weight is 644 g/mol. The van der Waals surface area contributed by atoms with Gasteiger partial charge in [-0.3, -0.25) is 13.9 Å². The summed E-state index contributed by atoms with van der Waals surface area (Å²) in [6.45, 7) is 1.48. The van der Waals surface area contributed by atoms with Crippen LogP contribution >= 0.6 is 11.6 Å². The normalized spacial score (nSPS) is 14.1. The van der Waals surface area contributed by atoms with Crippen molar-refractivity contribution in [3.63, 3.8) is 0 Å². The van der Waals surface area contributed by atoms with Crippen LogP contribution < -0.4 is 9.62 Å². The minimum atomic E-state index is -4.19. The number of nitrogens with zero attached hydrogens (tertiary/aromatic N) is 2. The molecule has 0 unspecified atom stereocenters. The molecule has 4 aromatic carbocycles. The molecule has 2 amide bonds. The SMILES string of the molecule is Cc1ccc(S(=O)(=O)N(CC(=O)N(Cc2ccccc2)[C@H](Cc2ccccc2)C(=O)NC2CCCC2)c2cccc(Cl)c2)cc1. The summed E-state index contributed by atoms with van der Waals surface area (Å²) < 4.78 is 29.3. The van der Waals surface area contributed by atoms with Crippen molar-refractivity contribution in [1.29, 1.82) is 0 Å². The minimum Gasteiger partial charge on any atom is -0.352 e. The Balaban J connectivity index is 1.55. The molecule has 45 heavy (non-hydrogen) atoms. The van der Waals surface area contributed by atoms with E-state index in [0.717, 1.165) is 46.7 Å². The van der Waals surface area contributed by atoms with Crippen LogP contribution in [0.3, 0.4) is 0 Å². The van der Waals surface area contributed by atoms with E-state index in [1.807, 2.05) is 67.6 Å². The molecule has 7 nitrogen and oxygen atoms in total. The highest BCUT2D eigenvalue weighted by Crippen LogP contribution is 2.28. The Morgan fingerprint density at radius 3 is 2.09 bits per heavy atom. The van der Waals surface area contributed by atoms with Crippen LogP contribution in [0.4, 0.5) is 5.69 Å². The number of anilines is 1. The average Bonchev–Trinajstić information content (AvgIpc) is 3.55. The molecule has 1 N–H and O–H groups in total. The summed E-state index contributed by atoms with van der Waals surface area (Å²) >= 11 is 6.31. The van der Waals surface area contributed by atoms with Crippen molar-refractivity contribution in [3.05, 3.63) is 131 Å². The zero-order chi connectivity index (χ0) is 31.8. The molecule has 5 rings (SSSR count). The summed E-state index contributed by atoms with van der Waals surface area (Å²) in [6, 6.07) is 31.1. The van der Waals surface area contributed by atoms with Gasteiger partial charge in [0, 0.05) is 24.0 Å². The Labute approximate surface area is 270 Å².